The molecule has 1 amide bonds. The fourth-order valence-corrected chi connectivity index (χ4v) is 2.39. The number of hydrogen-bond donors (Lipinski definition) is 3. The Morgan fingerprint density at radius 3 is 3.05 bits per heavy atom. The van der Waals surface area contributed by atoms with E-state index in [2.05, 4.69) is 10.3 Å². The second-order valence-corrected chi connectivity index (χ2v) is 5.12. The van der Waals surface area contributed by atoms with Crippen LogP contribution in [0, 0.1) is 0 Å². The van der Waals surface area contributed by atoms with Gasteiger partial charge in [0.1, 0.15) is 11.9 Å². The number of rotatable bonds is 4. The van der Waals surface area contributed by atoms with Gasteiger partial charge in [0.15, 0.2) is 0 Å². The molecule has 6 nitrogen and oxygen atoms in total. The lowest BCUT2D eigenvalue weighted by Crippen LogP contribution is -2.29. The zero-order valence-corrected chi connectivity index (χ0v) is 11.8. The van der Waals surface area contributed by atoms with Gasteiger partial charge in [-0.25, -0.2) is 0 Å². The van der Waals surface area contributed by atoms with Crippen LogP contribution in [-0.4, -0.2) is 29.1 Å². The molecule has 22 heavy (non-hydrogen) atoms. The fraction of sp³-hybridized carbons (Fsp3) is 0.250. The Hall–Kier alpha value is -2.60. The number of aliphatic hydroxyl groups is 1. The summed E-state index contributed by atoms with van der Waals surface area (Å²) in [4.78, 5) is 25.8. The van der Waals surface area contributed by atoms with E-state index in [9.17, 15) is 14.7 Å². The van der Waals surface area contributed by atoms with E-state index in [-0.39, 0.29) is 18.0 Å². The second-order valence-electron chi connectivity index (χ2n) is 5.12. The van der Waals surface area contributed by atoms with Crippen LogP contribution in [0.15, 0.2) is 41.2 Å². The molecule has 0 aliphatic carbocycles. The minimum atomic E-state index is -0.962. The van der Waals surface area contributed by atoms with Crippen LogP contribution in [0.2, 0.25) is 0 Å². The molecule has 3 rings (SSSR count). The first kappa shape index (κ1) is 14.3. The molecule has 2 aromatic rings. The van der Waals surface area contributed by atoms with Crippen LogP contribution in [0.25, 0.3) is 0 Å². The van der Waals surface area contributed by atoms with Gasteiger partial charge in [-0.2, -0.15) is 0 Å². The number of pyridine rings is 1. The van der Waals surface area contributed by atoms with Gasteiger partial charge >= 0.3 is 0 Å². The molecule has 0 saturated carbocycles. The molecule has 3 N–H and O–H groups in total. The number of aromatic nitrogens is 1. The number of nitrogens with one attached hydrogen (secondary N) is 2. The SMILES string of the molecule is O=C(NCC(O)c1cccc(=O)[nH]1)c1ccc2c(c1)CCO2. The molecule has 0 bridgehead atoms. The number of fused-ring (bicyclic) bond motifs is 1. The highest BCUT2D eigenvalue weighted by molar-refractivity contribution is 5.94. The number of aliphatic hydroxyl groups excluding tert-OH is 1. The Bertz CT molecular complexity index is 754. The summed E-state index contributed by atoms with van der Waals surface area (Å²) in [6.07, 6.45) is -0.166. The quantitative estimate of drug-likeness (QED) is 0.778. The van der Waals surface area contributed by atoms with Crippen molar-refractivity contribution in [2.45, 2.75) is 12.5 Å². The van der Waals surface area contributed by atoms with Crippen molar-refractivity contribution >= 4 is 5.91 Å². The summed E-state index contributed by atoms with van der Waals surface area (Å²) in [6, 6.07) is 9.79. The van der Waals surface area contributed by atoms with Crippen LogP contribution < -0.4 is 15.6 Å². The molecule has 6 heteroatoms. The molecular weight excluding hydrogens is 284 g/mol. The van der Waals surface area contributed by atoms with E-state index in [1.165, 1.54) is 6.07 Å². The molecule has 1 unspecified atom stereocenters. The highest BCUT2D eigenvalue weighted by Crippen LogP contribution is 2.25. The zero-order valence-electron chi connectivity index (χ0n) is 11.8. The van der Waals surface area contributed by atoms with E-state index in [0.717, 1.165) is 17.7 Å². The molecule has 0 fully saturated rings. The van der Waals surface area contributed by atoms with Crippen LogP contribution in [-0.2, 0) is 6.42 Å². The zero-order chi connectivity index (χ0) is 15.5. The molecule has 114 valence electrons. The highest BCUT2D eigenvalue weighted by Gasteiger charge is 2.16. The maximum atomic E-state index is 12.1. The van der Waals surface area contributed by atoms with Crippen molar-refractivity contribution in [1.82, 2.24) is 10.3 Å². The minimum Gasteiger partial charge on any atom is -0.493 e. The molecule has 1 aliphatic rings. The van der Waals surface area contributed by atoms with E-state index >= 15 is 0 Å². The molecule has 1 atom stereocenters. The molecule has 1 aromatic heterocycles. The predicted molar refractivity (Wildman–Crippen MR) is 80.0 cm³/mol. The van der Waals surface area contributed by atoms with Crippen molar-refractivity contribution in [1.29, 1.82) is 0 Å². The average Bonchev–Trinajstić information content (AvgIpc) is 2.99. The van der Waals surface area contributed by atoms with Crippen molar-refractivity contribution in [3.8, 4) is 5.75 Å². The van der Waals surface area contributed by atoms with Crippen molar-refractivity contribution in [3.05, 3.63) is 63.6 Å². The molecule has 0 radical (unpaired) electrons. The first-order chi connectivity index (χ1) is 10.6. The monoisotopic (exact) mass is 300 g/mol. The molecule has 1 aliphatic heterocycles. The number of amides is 1. The van der Waals surface area contributed by atoms with Crippen molar-refractivity contribution in [2.24, 2.45) is 0 Å². The summed E-state index contributed by atoms with van der Waals surface area (Å²) >= 11 is 0. The van der Waals surface area contributed by atoms with Crippen LogP contribution in [0.4, 0.5) is 0 Å². The predicted octanol–water partition coefficient (Wildman–Crippen LogP) is 0.773. The summed E-state index contributed by atoms with van der Waals surface area (Å²) in [5, 5.41) is 12.6. The number of aromatic amines is 1. The first-order valence-corrected chi connectivity index (χ1v) is 7.05. The Morgan fingerprint density at radius 2 is 2.23 bits per heavy atom. The fourth-order valence-electron chi connectivity index (χ4n) is 2.39. The first-order valence-electron chi connectivity index (χ1n) is 7.05. The smallest absolute Gasteiger partial charge is 0.251 e. The van der Waals surface area contributed by atoms with Crippen molar-refractivity contribution in [2.75, 3.05) is 13.2 Å². The largest absolute Gasteiger partial charge is 0.493 e. The van der Waals surface area contributed by atoms with Gasteiger partial charge in [0.05, 0.1) is 6.61 Å². The maximum Gasteiger partial charge on any atom is 0.251 e. The van der Waals surface area contributed by atoms with Gasteiger partial charge in [-0.3, -0.25) is 9.59 Å². The van der Waals surface area contributed by atoms with Gasteiger partial charge in [-0.1, -0.05) is 6.07 Å². The number of carbonyl (C=O) groups is 1. The highest BCUT2D eigenvalue weighted by atomic mass is 16.5. The summed E-state index contributed by atoms with van der Waals surface area (Å²) in [5.41, 5.74) is 1.62. The van der Waals surface area contributed by atoms with E-state index < -0.39 is 6.10 Å². The number of H-pyrrole nitrogens is 1. The summed E-state index contributed by atoms with van der Waals surface area (Å²) in [7, 11) is 0. The molecule has 0 saturated heterocycles. The van der Waals surface area contributed by atoms with Gasteiger partial charge in [0.25, 0.3) is 5.91 Å². The van der Waals surface area contributed by atoms with E-state index in [1.807, 2.05) is 0 Å². The summed E-state index contributed by atoms with van der Waals surface area (Å²) in [5.74, 6) is 0.547. The normalized spacial score (nSPS) is 14.0. The molecule has 1 aromatic carbocycles. The third-order valence-corrected chi connectivity index (χ3v) is 3.56. The Kier molecular flexibility index (Phi) is 3.93. The van der Waals surface area contributed by atoms with E-state index in [4.69, 9.17) is 4.74 Å². The second kappa shape index (κ2) is 6.03. The van der Waals surface area contributed by atoms with Gasteiger partial charge in [0.2, 0.25) is 5.56 Å². The van der Waals surface area contributed by atoms with E-state index in [1.54, 1.807) is 30.3 Å². The number of benzene rings is 1. The lowest BCUT2D eigenvalue weighted by molar-refractivity contribution is 0.0914. The molecular formula is C16H16N2O4. The Morgan fingerprint density at radius 1 is 1.36 bits per heavy atom. The topological polar surface area (TPSA) is 91.4 Å². The lowest BCUT2D eigenvalue weighted by atomic mass is 10.1. The van der Waals surface area contributed by atoms with Gasteiger partial charge < -0.3 is 20.1 Å². The Balaban J connectivity index is 1.63. The maximum absolute atomic E-state index is 12.1. The van der Waals surface area contributed by atoms with Crippen LogP contribution in [0.5, 0.6) is 5.75 Å². The van der Waals surface area contributed by atoms with Crippen molar-refractivity contribution in [3.63, 3.8) is 0 Å². The third kappa shape index (κ3) is 3.01. The minimum absolute atomic E-state index is 0.0202. The van der Waals surface area contributed by atoms with E-state index in [0.29, 0.717) is 17.9 Å². The number of ether oxygens (including phenoxy) is 1. The molecule has 0 spiro atoms. The van der Waals surface area contributed by atoms with Gasteiger partial charge in [0, 0.05) is 30.3 Å². The summed E-state index contributed by atoms with van der Waals surface area (Å²) < 4.78 is 5.39. The van der Waals surface area contributed by atoms with Crippen molar-refractivity contribution < 1.29 is 14.6 Å². The Labute approximate surface area is 126 Å². The number of hydrogen-bond acceptors (Lipinski definition) is 4. The third-order valence-electron chi connectivity index (χ3n) is 3.56. The number of carbonyl (C=O) groups excluding carboxylic acids is 1. The standard InChI is InChI=1S/C16H16N2O4/c19-13(12-2-1-3-15(20)18-12)9-17-16(21)11-4-5-14-10(8-11)6-7-22-14/h1-5,8,13,19H,6-7,9H2,(H,17,21)(H,18,20). The van der Waals surface area contributed by atoms with Gasteiger partial charge in [-0.15, -0.1) is 0 Å². The summed E-state index contributed by atoms with van der Waals surface area (Å²) in [6.45, 7) is 0.660. The van der Waals surface area contributed by atoms with Crippen LogP contribution >= 0.6 is 0 Å². The average molecular weight is 300 g/mol. The lowest BCUT2D eigenvalue weighted by Gasteiger charge is -2.12. The van der Waals surface area contributed by atoms with Crippen LogP contribution in [0.3, 0.4) is 0 Å². The van der Waals surface area contributed by atoms with Crippen LogP contribution in [0.1, 0.15) is 27.7 Å². The van der Waals surface area contributed by atoms with Gasteiger partial charge in [-0.05, 0) is 29.8 Å². The molecule has 2 heterocycles.